The van der Waals surface area contributed by atoms with E-state index < -0.39 is 21.0 Å². The molecule has 25 heavy (non-hydrogen) atoms. The molecule has 0 spiro atoms. The molecule has 0 aliphatic rings. The first kappa shape index (κ1) is 22.2. The van der Waals surface area contributed by atoms with Crippen LogP contribution in [0.2, 0.25) is 0 Å². The summed E-state index contributed by atoms with van der Waals surface area (Å²) in [6, 6.07) is 5.39. The number of hydrogen-bond donors (Lipinski definition) is 0. The van der Waals surface area contributed by atoms with Crippen LogP contribution in [0.25, 0.3) is 6.08 Å². The van der Waals surface area contributed by atoms with E-state index in [4.69, 9.17) is 18.1 Å². The second-order valence-electron chi connectivity index (χ2n) is 4.72. The number of rotatable bonds is 11. The highest BCUT2D eigenvalue weighted by Crippen LogP contribution is 2.74. The van der Waals surface area contributed by atoms with Crippen LogP contribution in [0.5, 0.6) is 0 Å². The highest BCUT2D eigenvalue weighted by atomic mass is 31.2. The minimum absolute atomic E-state index is 0.0796. The molecule has 0 aliphatic carbocycles. The minimum Gasteiger partial charge on any atom is -0.305 e. The molecule has 9 heteroatoms. The van der Waals surface area contributed by atoms with Gasteiger partial charge in [-0.05, 0) is 51.5 Å². The van der Waals surface area contributed by atoms with Gasteiger partial charge < -0.3 is 18.1 Å². The highest BCUT2D eigenvalue weighted by Gasteiger charge is 2.45. The smallest absolute Gasteiger partial charge is 0.305 e. The first-order valence-corrected chi connectivity index (χ1v) is 11.2. The Bertz CT molecular complexity index is 607. The van der Waals surface area contributed by atoms with Crippen molar-refractivity contribution in [1.82, 2.24) is 0 Å². The van der Waals surface area contributed by atoms with Crippen LogP contribution < -0.4 is 0 Å². The van der Waals surface area contributed by atoms with E-state index >= 15 is 0 Å². The summed E-state index contributed by atoms with van der Waals surface area (Å²) in [6.07, 6.45) is 1.36. The second-order valence-corrected chi connectivity index (χ2v) is 9.06. The topological polar surface area (TPSA) is 71.1 Å². The van der Waals surface area contributed by atoms with Crippen molar-refractivity contribution in [3.63, 3.8) is 0 Å². The van der Waals surface area contributed by atoms with Crippen molar-refractivity contribution >= 4 is 21.3 Å². The number of benzene rings is 1. The van der Waals surface area contributed by atoms with Crippen LogP contribution in [0.3, 0.4) is 0 Å². The summed E-state index contributed by atoms with van der Waals surface area (Å²) in [5, 5.41) is -0.195. The van der Waals surface area contributed by atoms with Crippen LogP contribution >= 0.6 is 15.2 Å². The second kappa shape index (κ2) is 10.4. The van der Waals surface area contributed by atoms with E-state index in [1.165, 1.54) is 30.3 Å². The predicted molar refractivity (Wildman–Crippen MR) is 96.1 cm³/mol. The van der Waals surface area contributed by atoms with Crippen molar-refractivity contribution in [2.45, 2.75) is 27.7 Å². The Balaban J connectivity index is 3.55. The Hall–Kier alpha value is -0.810. The molecule has 0 radical (unpaired) electrons. The fraction of sp³-hybridized carbons (Fsp3) is 0.500. The Morgan fingerprint density at radius 1 is 0.840 bits per heavy atom. The summed E-state index contributed by atoms with van der Waals surface area (Å²) in [6.45, 7) is 6.90. The van der Waals surface area contributed by atoms with E-state index in [9.17, 15) is 13.5 Å². The average molecular weight is 394 g/mol. The summed E-state index contributed by atoms with van der Waals surface area (Å²) in [5.41, 5.74) is 0.468. The standard InChI is InChI=1S/C16H25FO6P2/c1-5-20-24(18,21-6-2)16(25(19,22-7-3)23-8-4)13-14-9-11-15(17)12-10-14/h9-13H,5-8H2,1-4H3. The number of hydrogen-bond acceptors (Lipinski definition) is 6. The van der Waals surface area contributed by atoms with Gasteiger partial charge in [0.15, 0.2) is 5.06 Å². The molecule has 1 rings (SSSR count). The maximum atomic E-state index is 13.3. The van der Waals surface area contributed by atoms with Gasteiger partial charge in [-0.15, -0.1) is 0 Å². The van der Waals surface area contributed by atoms with Crippen LogP contribution in [0, 0.1) is 5.82 Å². The van der Waals surface area contributed by atoms with E-state index in [0.29, 0.717) is 5.56 Å². The Kier molecular flexibility index (Phi) is 9.22. The predicted octanol–water partition coefficient (Wildman–Crippen LogP) is 5.66. The molecule has 0 heterocycles. The third kappa shape index (κ3) is 6.14. The van der Waals surface area contributed by atoms with Crippen LogP contribution in [-0.2, 0) is 27.2 Å². The lowest BCUT2D eigenvalue weighted by Crippen LogP contribution is -2.05. The molecule has 0 bridgehead atoms. The zero-order valence-corrected chi connectivity index (χ0v) is 16.7. The lowest BCUT2D eigenvalue weighted by molar-refractivity contribution is 0.214. The molecule has 0 amide bonds. The molecular weight excluding hydrogens is 369 g/mol. The maximum Gasteiger partial charge on any atom is 0.369 e. The van der Waals surface area contributed by atoms with Crippen molar-refractivity contribution in [2.24, 2.45) is 0 Å². The fourth-order valence-electron chi connectivity index (χ4n) is 2.04. The Labute approximate surface area is 148 Å². The number of halogens is 1. The van der Waals surface area contributed by atoms with Gasteiger partial charge >= 0.3 is 15.2 Å². The van der Waals surface area contributed by atoms with Gasteiger partial charge in [-0.1, -0.05) is 12.1 Å². The first-order valence-electron chi connectivity index (χ1n) is 8.11. The third-order valence-electron chi connectivity index (χ3n) is 2.92. The zero-order chi connectivity index (χ0) is 18.9. The Morgan fingerprint density at radius 3 is 1.52 bits per heavy atom. The maximum absolute atomic E-state index is 13.3. The zero-order valence-electron chi connectivity index (χ0n) is 14.9. The summed E-state index contributed by atoms with van der Waals surface area (Å²) in [4.78, 5) is 0. The van der Waals surface area contributed by atoms with Gasteiger partial charge in [0.05, 0.1) is 26.4 Å². The molecule has 1 aromatic carbocycles. The van der Waals surface area contributed by atoms with Crippen molar-refractivity contribution in [1.29, 1.82) is 0 Å². The molecule has 0 saturated heterocycles. The molecule has 6 nitrogen and oxygen atoms in total. The molecule has 0 fully saturated rings. The third-order valence-corrected chi connectivity index (χ3v) is 8.17. The van der Waals surface area contributed by atoms with Crippen LogP contribution in [0.4, 0.5) is 4.39 Å². The van der Waals surface area contributed by atoms with Crippen LogP contribution in [0.15, 0.2) is 29.3 Å². The van der Waals surface area contributed by atoms with Crippen molar-refractivity contribution in [2.75, 3.05) is 26.4 Å². The van der Waals surface area contributed by atoms with Crippen LogP contribution in [-0.4, -0.2) is 26.4 Å². The molecular formula is C16H25FO6P2. The van der Waals surface area contributed by atoms with Crippen molar-refractivity contribution in [3.8, 4) is 0 Å². The van der Waals surface area contributed by atoms with Gasteiger partial charge in [-0.3, -0.25) is 9.13 Å². The van der Waals surface area contributed by atoms with Crippen LogP contribution in [0.1, 0.15) is 33.3 Å². The van der Waals surface area contributed by atoms with Gasteiger partial charge in [0.25, 0.3) is 0 Å². The molecule has 0 unspecified atom stereocenters. The molecule has 1 aromatic rings. The summed E-state index contributed by atoms with van der Waals surface area (Å²) in [5.74, 6) is -0.422. The minimum atomic E-state index is -3.93. The largest absolute Gasteiger partial charge is 0.369 e. The van der Waals surface area contributed by atoms with E-state index in [-0.39, 0.29) is 31.5 Å². The average Bonchev–Trinajstić information content (AvgIpc) is 2.55. The van der Waals surface area contributed by atoms with Gasteiger partial charge in [-0.2, -0.15) is 0 Å². The van der Waals surface area contributed by atoms with Crippen molar-refractivity contribution in [3.05, 3.63) is 40.7 Å². The SMILES string of the molecule is CCOP(=O)(OCC)C(=Cc1ccc(F)cc1)P(=O)(OCC)OCC. The first-order chi connectivity index (χ1) is 11.8. The molecule has 0 saturated carbocycles. The van der Waals surface area contributed by atoms with Gasteiger partial charge in [0.1, 0.15) is 5.82 Å². The molecule has 142 valence electrons. The summed E-state index contributed by atoms with van der Waals surface area (Å²) in [7, 11) is -7.87. The highest BCUT2D eigenvalue weighted by molar-refractivity contribution is 7.79. The quantitative estimate of drug-likeness (QED) is 0.451. The van der Waals surface area contributed by atoms with Gasteiger partial charge in [0.2, 0.25) is 0 Å². The summed E-state index contributed by atoms with van der Waals surface area (Å²) >= 11 is 0. The van der Waals surface area contributed by atoms with E-state index in [1.807, 2.05) is 0 Å². The molecule has 0 N–H and O–H groups in total. The fourth-order valence-corrected chi connectivity index (χ4v) is 6.58. The lowest BCUT2D eigenvalue weighted by Gasteiger charge is -2.25. The van der Waals surface area contributed by atoms with Crippen molar-refractivity contribution < 1.29 is 31.6 Å². The van der Waals surface area contributed by atoms with Gasteiger partial charge in [0, 0.05) is 0 Å². The van der Waals surface area contributed by atoms with Gasteiger partial charge in [-0.25, -0.2) is 4.39 Å². The Morgan fingerprint density at radius 2 is 1.20 bits per heavy atom. The van der Waals surface area contributed by atoms with E-state index in [2.05, 4.69) is 0 Å². The van der Waals surface area contributed by atoms with E-state index in [0.717, 1.165) is 0 Å². The molecule has 0 aromatic heterocycles. The monoisotopic (exact) mass is 394 g/mol. The normalized spacial score (nSPS) is 12.2. The lowest BCUT2D eigenvalue weighted by atomic mass is 10.2. The molecule has 0 aliphatic heterocycles. The molecule has 0 atom stereocenters. The van der Waals surface area contributed by atoms with E-state index in [1.54, 1.807) is 27.7 Å². The summed E-state index contributed by atoms with van der Waals surface area (Å²) < 4.78 is 61.0.